The summed E-state index contributed by atoms with van der Waals surface area (Å²) in [6.45, 7) is 0.339. The van der Waals surface area contributed by atoms with Crippen LogP contribution in [0.2, 0.25) is 0 Å². The summed E-state index contributed by atoms with van der Waals surface area (Å²) in [6.07, 6.45) is 1.31. The predicted molar refractivity (Wildman–Crippen MR) is 87.5 cm³/mol. The van der Waals surface area contributed by atoms with E-state index < -0.39 is 12.2 Å². The molecule has 0 aliphatic carbocycles. The van der Waals surface area contributed by atoms with Gasteiger partial charge in [0.1, 0.15) is 11.6 Å². The number of aryl methyl sites for hydroxylation is 2. The number of aromatic nitrogens is 1. The first-order valence-electron chi connectivity index (χ1n) is 7.18. The van der Waals surface area contributed by atoms with Crippen molar-refractivity contribution in [1.29, 1.82) is 5.26 Å². The molecule has 2 rings (SSSR count). The summed E-state index contributed by atoms with van der Waals surface area (Å²) >= 11 is 0. The topological polar surface area (TPSA) is 76.6 Å². The zero-order valence-corrected chi connectivity index (χ0v) is 13.8. The van der Waals surface area contributed by atoms with E-state index in [2.05, 4.69) is 9.84 Å². The fourth-order valence-corrected chi connectivity index (χ4v) is 2.25. The molecule has 1 heterocycles. The molecule has 1 aromatic heterocycles. The van der Waals surface area contributed by atoms with Crippen molar-refractivity contribution in [2.45, 2.75) is 20.5 Å². The van der Waals surface area contributed by atoms with Gasteiger partial charge in [0.15, 0.2) is 11.5 Å². The smallest absolute Gasteiger partial charge is 0.387 e. The average molecular weight is 347 g/mol. The summed E-state index contributed by atoms with van der Waals surface area (Å²) < 4.78 is 35.3. The van der Waals surface area contributed by atoms with Crippen molar-refractivity contribution in [3.05, 3.63) is 57.0 Å². The van der Waals surface area contributed by atoms with E-state index in [0.717, 1.165) is 4.68 Å². The van der Waals surface area contributed by atoms with E-state index in [1.165, 1.54) is 25.5 Å². The normalized spacial score (nSPS) is 10.9. The van der Waals surface area contributed by atoms with Crippen LogP contribution in [-0.4, -0.2) is 24.6 Å². The summed E-state index contributed by atoms with van der Waals surface area (Å²) in [5.74, 6) is 0.0000362. The molecule has 0 fully saturated rings. The first kappa shape index (κ1) is 18.1. The predicted octanol–water partition coefficient (Wildman–Crippen LogP) is 2.83. The number of halogens is 2. The molecule has 130 valence electrons. The van der Waals surface area contributed by atoms with Crippen LogP contribution < -0.4 is 15.0 Å². The van der Waals surface area contributed by atoms with E-state index in [1.54, 1.807) is 26.0 Å². The third-order valence-corrected chi connectivity index (χ3v) is 3.40. The quantitative estimate of drug-likeness (QED) is 0.780. The van der Waals surface area contributed by atoms with E-state index in [-0.39, 0.29) is 17.1 Å². The number of alkyl halides is 2. The summed E-state index contributed by atoms with van der Waals surface area (Å²) in [5.41, 5.74) is 0.971. The van der Waals surface area contributed by atoms with Crippen LogP contribution in [0.5, 0.6) is 11.5 Å². The van der Waals surface area contributed by atoms with Gasteiger partial charge < -0.3 is 9.47 Å². The lowest BCUT2D eigenvalue weighted by Crippen LogP contribution is -2.22. The van der Waals surface area contributed by atoms with Crippen LogP contribution in [0, 0.1) is 25.2 Å². The Kier molecular flexibility index (Phi) is 5.49. The third kappa shape index (κ3) is 4.01. The van der Waals surface area contributed by atoms with Crippen LogP contribution in [0.1, 0.15) is 22.4 Å². The SMILES string of the molecule is COc1ccc(/C=N\n2c(C)cc(C)c(C#N)c2=O)cc1OC(F)F. The zero-order valence-electron chi connectivity index (χ0n) is 13.8. The first-order valence-corrected chi connectivity index (χ1v) is 7.18. The Balaban J connectivity index is 2.44. The summed E-state index contributed by atoms with van der Waals surface area (Å²) in [7, 11) is 1.33. The van der Waals surface area contributed by atoms with E-state index in [9.17, 15) is 13.6 Å². The highest BCUT2D eigenvalue weighted by Crippen LogP contribution is 2.29. The van der Waals surface area contributed by atoms with Gasteiger partial charge in [-0.05, 0) is 49.2 Å². The van der Waals surface area contributed by atoms with E-state index in [1.807, 2.05) is 6.07 Å². The Bertz CT molecular complexity index is 915. The van der Waals surface area contributed by atoms with Crippen molar-refractivity contribution >= 4 is 6.21 Å². The highest BCUT2D eigenvalue weighted by Gasteiger charge is 2.12. The molecule has 1 aromatic carbocycles. The second-order valence-electron chi connectivity index (χ2n) is 5.11. The minimum Gasteiger partial charge on any atom is -0.493 e. The van der Waals surface area contributed by atoms with Crippen molar-refractivity contribution in [2.75, 3.05) is 7.11 Å². The number of ether oxygens (including phenoxy) is 2. The van der Waals surface area contributed by atoms with Gasteiger partial charge in [0.2, 0.25) is 0 Å². The number of hydrogen-bond acceptors (Lipinski definition) is 5. The molecule has 0 aliphatic rings. The summed E-state index contributed by atoms with van der Waals surface area (Å²) in [6, 6.07) is 7.84. The fourth-order valence-electron chi connectivity index (χ4n) is 2.25. The molecule has 0 N–H and O–H groups in total. The summed E-state index contributed by atoms with van der Waals surface area (Å²) in [4.78, 5) is 12.3. The van der Waals surface area contributed by atoms with Crippen LogP contribution in [0.3, 0.4) is 0 Å². The molecule has 0 saturated carbocycles. The summed E-state index contributed by atoms with van der Waals surface area (Å²) in [5, 5.41) is 13.1. The maximum Gasteiger partial charge on any atom is 0.387 e. The van der Waals surface area contributed by atoms with Gasteiger partial charge in [-0.2, -0.15) is 19.1 Å². The molecule has 0 amide bonds. The van der Waals surface area contributed by atoms with Crippen molar-refractivity contribution in [1.82, 2.24) is 4.68 Å². The van der Waals surface area contributed by atoms with Crippen LogP contribution in [0.25, 0.3) is 0 Å². The van der Waals surface area contributed by atoms with Crippen molar-refractivity contribution in [2.24, 2.45) is 5.10 Å². The van der Waals surface area contributed by atoms with Gasteiger partial charge in [-0.15, -0.1) is 0 Å². The zero-order chi connectivity index (χ0) is 18.6. The minimum absolute atomic E-state index is 0.000737. The minimum atomic E-state index is -3.00. The Labute approximate surface area is 142 Å². The number of benzene rings is 1. The molecular formula is C17H15F2N3O3. The maximum atomic E-state index is 12.5. The molecule has 0 saturated heterocycles. The van der Waals surface area contributed by atoms with Crippen molar-refractivity contribution in [3.8, 4) is 17.6 Å². The maximum absolute atomic E-state index is 12.5. The largest absolute Gasteiger partial charge is 0.493 e. The Morgan fingerprint density at radius 2 is 2.00 bits per heavy atom. The lowest BCUT2D eigenvalue weighted by molar-refractivity contribution is -0.0512. The van der Waals surface area contributed by atoms with Gasteiger partial charge in [-0.25, -0.2) is 4.68 Å². The molecule has 2 aromatic rings. The Hall–Kier alpha value is -3.21. The molecular weight excluding hydrogens is 332 g/mol. The fraction of sp³-hybridized carbons (Fsp3) is 0.235. The average Bonchev–Trinajstić information content (AvgIpc) is 2.54. The molecule has 0 spiro atoms. The first-order chi connectivity index (χ1) is 11.9. The highest BCUT2D eigenvalue weighted by atomic mass is 19.3. The lowest BCUT2D eigenvalue weighted by atomic mass is 10.1. The van der Waals surface area contributed by atoms with Gasteiger partial charge in [0.25, 0.3) is 5.56 Å². The van der Waals surface area contributed by atoms with Crippen LogP contribution in [0.4, 0.5) is 8.78 Å². The third-order valence-electron chi connectivity index (χ3n) is 3.40. The monoisotopic (exact) mass is 347 g/mol. The number of pyridine rings is 1. The number of nitriles is 1. The second-order valence-corrected chi connectivity index (χ2v) is 5.11. The number of hydrogen-bond donors (Lipinski definition) is 0. The molecule has 0 bridgehead atoms. The highest BCUT2D eigenvalue weighted by molar-refractivity contribution is 5.80. The molecule has 0 aliphatic heterocycles. The lowest BCUT2D eigenvalue weighted by Gasteiger charge is -2.10. The molecule has 0 radical (unpaired) electrons. The molecule has 0 unspecified atom stereocenters. The number of methoxy groups -OCH3 is 1. The van der Waals surface area contributed by atoms with Gasteiger partial charge in [-0.3, -0.25) is 4.79 Å². The van der Waals surface area contributed by atoms with Gasteiger partial charge in [0, 0.05) is 5.69 Å². The Morgan fingerprint density at radius 3 is 2.60 bits per heavy atom. The van der Waals surface area contributed by atoms with Gasteiger partial charge >= 0.3 is 6.61 Å². The molecule has 0 atom stereocenters. The van der Waals surface area contributed by atoms with Gasteiger partial charge in [-0.1, -0.05) is 0 Å². The number of rotatable bonds is 5. The van der Waals surface area contributed by atoms with Crippen LogP contribution in [0.15, 0.2) is 34.2 Å². The second kappa shape index (κ2) is 7.57. The van der Waals surface area contributed by atoms with E-state index in [4.69, 9.17) is 10.00 Å². The van der Waals surface area contributed by atoms with E-state index >= 15 is 0 Å². The molecule has 25 heavy (non-hydrogen) atoms. The molecule has 6 nitrogen and oxygen atoms in total. The van der Waals surface area contributed by atoms with Gasteiger partial charge in [0.05, 0.1) is 13.3 Å². The molecule has 8 heteroatoms. The number of nitrogens with zero attached hydrogens (tertiary/aromatic N) is 3. The Morgan fingerprint density at radius 1 is 1.28 bits per heavy atom. The standard InChI is InChI=1S/C17H15F2N3O3/c1-10-6-11(2)22(16(23)13(10)8-20)21-9-12-4-5-14(24-3)15(7-12)25-17(18)19/h4-7,9,17H,1-3H3/b21-9-. The van der Waals surface area contributed by atoms with Crippen LogP contribution >= 0.6 is 0 Å². The van der Waals surface area contributed by atoms with E-state index in [0.29, 0.717) is 16.8 Å². The van der Waals surface area contributed by atoms with Crippen molar-refractivity contribution < 1.29 is 18.3 Å². The van der Waals surface area contributed by atoms with Crippen LogP contribution in [-0.2, 0) is 0 Å². The van der Waals surface area contributed by atoms with Crippen molar-refractivity contribution in [3.63, 3.8) is 0 Å².